The molecule has 0 spiro atoms. The van der Waals surface area contributed by atoms with Crippen LogP contribution in [0.5, 0.6) is 0 Å². The van der Waals surface area contributed by atoms with E-state index in [4.69, 9.17) is 4.42 Å². The minimum atomic E-state index is 0.298. The summed E-state index contributed by atoms with van der Waals surface area (Å²) in [5.41, 5.74) is 0.976. The number of nitrogens with zero attached hydrogens (tertiary/aromatic N) is 4. The molecule has 0 radical (unpaired) electrons. The maximum atomic E-state index is 12.7. The van der Waals surface area contributed by atoms with Crippen LogP contribution >= 0.6 is 0 Å². The Morgan fingerprint density at radius 3 is 2.24 bits per heavy atom. The van der Waals surface area contributed by atoms with E-state index in [1.807, 2.05) is 13.8 Å². The fourth-order valence-electron chi connectivity index (χ4n) is 4.09. The number of oxazole rings is 1. The van der Waals surface area contributed by atoms with Gasteiger partial charge < -0.3 is 9.32 Å². The van der Waals surface area contributed by atoms with Crippen molar-refractivity contribution in [3.8, 4) is 0 Å². The lowest BCUT2D eigenvalue weighted by molar-refractivity contribution is -0.139. The quantitative estimate of drug-likeness (QED) is 0.835. The van der Waals surface area contributed by atoms with Crippen LogP contribution in [-0.4, -0.2) is 70.4 Å². The van der Waals surface area contributed by atoms with Gasteiger partial charge in [0.25, 0.3) is 0 Å². The van der Waals surface area contributed by atoms with E-state index in [2.05, 4.69) is 33.5 Å². The molecule has 0 unspecified atom stereocenters. The highest BCUT2D eigenvalue weighted by Gasteiger charge is 2.30. The smallest absolute Gasteiger partial charge is 0.237 e. The molecule has 0 N–H and O–H groups in total. The topological polar surface area (TPSA) is 52.8 Å². The number of carbonyl (C=O) groups is 1. The molecular formula is C19H32N4O2. The molecule has 6 heteroatoms. The maximum absolute atomic E-state index is 12.7. The van der Waals surface area contributed by atoms with E-state index in [1.54, 1.807) is 0 Å². The molecular weight excluding hydrogens is 316 g/mol. The number of piperidine rings is 1. The van der Waals surface area contributed by atoms with E-state index in [9.17, 15) is 4.79 Å². The Morgan fingerprint density at radius 2 is 1.68 bits per heavy atom. The van der Waals surface area contributed by atoms with Gasteiger partial charge in [0, 0.05) is 38.3 Å². The Balaban J connectivity index is 1.46. The number of aryl methyl sites for hydroxylation is 2. The molecule has 140 valence electrons. The molecule has 1 aromatic heterocycles. The molecule has 6 nitrogen and oxygen atoms in total. The second kappa shape index (κ2) is 7.87. The van der Waals surface area contributed by atoms with Crippen LogP contribution in [0.15, 0.2) is 4.42 Å². The van der Waals surface area contributed by atoms with E-state index >= 15 is 0 Å². The average Bonchev–Trinajstić information content (AvgIpc) is 2.87. The summed E-state index contributed by atoms with van der Waals surface area (Å²) in [4.78, 5) is 24.0. The zero-order valence-electron chi connectivity index (χ0n) is 16.1. The van der Waals surface area contributed by atoms with Gasteiger partial charge in [-0.3, -0.25) is 14.6 Å². The molecule has 2 aliphatic rings. The monoisotopic (exact) mass is 348 g/mol. The first kappa shape index (κ1) is 18.4. The van der Waals surface area contributed by atoms with Gasteiger partial charge in [0.15, 0.2) is 0 Å². The van der Waals surface area contributed by atoms with E-state index in [0.29, 0.717) is 24.5 Å². The second-order valence-electron chi connectivity index (χ2n) is 7.73. The van der Waals surface area contributed by atoms with Crippen LogP contribution < -0.4 is 0 Å². The van der Waals surface area contributed by atoms with Crippen molar-refractivity contribution in [1.29, 1.82) is 0 Å². The van der Waals surface area contributed by atoms with E-state index in [0.717, 1.165) is 62.9 Å². The lowest BCUT2D eigenvalue weighted by Crippen LogP contribution is -2.54. The zero-order valence-corrected chi connectivity index (χ0v) is 16.1. The van der Waals surface area contributed by atoms with E-state index < -0.39 is 0 Å². The number of aromatic nitrogens is 1. The predicted octanol–water partition coefficient (Wildman–Crippen LogP) is 2.20. The first-order valence-electron chi connectivity index (χ1n) is 9.63. The summed E-state index contributed by atoms with van der Waals surface area (Å²) in [5, 5.41) is 0. The largest absolute Gasteiger partial charge is 0.444 e. The molecule has 1 amide bonds. The number of hydrogen-bond acceptors (Lipinski definition) is 5. The van der Waals surface area contributed by atoms with Crippen molar-refractivity contribution in [2.75, 3.05) is 32.7 Å². The zero-order chi connectivity index (χ0) is 18.0. The molecule has 0 aromatic carbocycles. The highest BCUT2D eigenvalue weighted by Crippen LogP contribution is 2.23. The number of rotatable bonds is 4. The Hall–Kier alpha value is -1.40. The first-order chi connectivity index (χ1) is 11.9. The van der Waals surface area contributed by atoms with Crippen LogP contribution in [0.4, 0.5) is 0 Å². The summed E-state index contributed by atoms with van der Waals surface area (Å²) in [6.45, 7) is 13.4. The molecule has 25 heavy (non-hydrogen) atoms. The molecule has 0 saturated carbocycles. The average molecular weight is 348 g/mol. The highest BCUT2D eigenvalue weighted by molar-refractivity contribution is 5.79. The van der Waals surface area contributed by atoms with Crippen molar-refractivity contribution in [2.45, 2.75) is 65.6 Å². The lowest BCUT2D eigenvalue weighted by atomic mass is 9.97. The van der Waals surface area contributed by atoms with Gasteiger partial charge in [-0.2, -0.15) is 0 Å². The van der Waals surface area contributed by atoms with Crippen molar-refractivity contribution < 1.29 is 9.21 Å². The van der Waals surface area contributed by atoms with Crippen molar-refractivity contribution in [1.82, 2.24) is 19.7 Å². The van der Waals surface area contributed by atoms with Crippen LogP contribution in [0.1, 0.15) is 50.5 Å². The standard InChI is InChI=1S/C19H32N4O2/c1-14-6-5-7-15(2)23(14)19(24)13-22-10-8-21(9-11-22)12-18-20-16(3)17(4)25-18/h14-15H,5-13H2,1-4H3/t14-,15-/m0/s1. The predicted molar refractivity (Wildman–Crippen MR) is 97.3 cm³/mol. The van der Waals surface area contributed by atoms with Gasteiger partial charge in [-0.15, -0.1) is 0 Å². The van der Waals surface area contributed by atoms with Gasteiger partial charge in [0.05, 0.1) is 18.8 Å². The van der Waals surface area contributed by atoms with Gasteiger partial charge in [0.1, 0.15) is 5.76 Å². The maximum Gasteiger partial charge on any atom is 0.237 e. The molecule has 2 saturated heterocycles. The third-order valence-corrected chi connectivity index (χ3v) is 5.74. The minimum Gasteiger partial charge on any atom is -0.444 e. The number of piperazine rings is 1. The molecule has 2 fully saturated rings. The molecule has 3 heterocycles. The molecule has 2 atom stereocenters. The fourth-order valence-corrected chi connectivity index (χ4v) is 4.09. The summed E-state index contributed by atoms with van der Waals surface area (Å²) in [6.07, 6.45) is 3.52. The molecule has 0 aliphatic carbocycles. The molecule has 3 rings (SSSR count). The second-order valence-corrected chi connectivity index (χ2v) is 7.73. The SMILES string of the molecule is Cc1nc(CN2CCN(CC(=O)N3[C@@H](C)CCC[C@@H]3C)CC2)oc1C. The van der Waals surface area contributed by atoms with Crippen molar-refractivity contribution >= 4 is 5.91 Å². The minimum absolute atomic E-state index is 0.298. The highest BCUT2D eigenvalue weighted by atomic mass is 16.4. The van der Waals surface area contributed by atoms with Crippen LogP contribution in [0.25, 0.3) is 0 Å². The summed E-state index contributed by atoms with van der Waals surface area (Å²) < 4.78 is 5.68. The van der Waals surface area contributed by atoms with Gasteiger partial charge in [-0.05, 0) is 47.0 Å². The molecule has 0 bridgehead atoms. The van der Waals surface area contributed by atoms with Crippen molar-refractivity contribution in [2.24, 2.45) is 0 Å². The Bertz CT molecular complexity index is 563. The Kier molecular flexibility index (Phi) is 5.79. The third kappa shape index (κ3) is 4.42. The van der Waals surface area contributed by atoms with Crippen LogP contribution in [0.2, 0.25) is 0 Å². The Morgan fingerprint density at radius 1 is 1.08 bits per heavy atom. The van der Waals surface area contributed by atoms with Crippen LogP contribution in [0, 0.1) is 13.8 Å². The molecule has 2 aliphatic heterocycles. The number of hydrogen-bond donors (Lipinski definition) is 0. The van der Waals surface area contributed by atoms with E-state index in [1.165, 1.54) is 6.42 Å². The van der Waals surface area contributed by atoms with Gasteiger partial charge in [-0.1, -0.05) is 0 Å². The van der Waals surface area contributed by atoms with Crippen molar-refractivity contribution in [3.05, 3.63) is 17.3 Å². The fraction of sp³-hybridized carbons (Fsp3) is 0.789. The van der Waals surface area contributed by atoms with Gasteiger partial charge >= 0.3 is 0 Å². The summed E-state index contributed by atoms with van der Waals surface area (Å²) in [7, 11) is 0. The third-order valence-electron chi connectivity index (χ3n) is 5.74. The number of carbonyl (C=O) groups excluding carboxylic acids is 1. The normalized spacial score (nSPS) is 26.2. The van der Waals surface area contributed by atoms with Gasteiger partial charge in [0.2, 0.25) is 11.8 Å². The van der Waals surface area contributed by atoms with Crippen molar-refractivity contribution in [3.63, 3.8) is 0 Å². The number of amides is 1. The van der Waals surface area contributed by atoms with Crippen LogP contribution in [0.3, 0.4) is 0 Å². The number of likely N-dealkylation sites (tertiary alicyclic amines) is 1. The van der Waals surface area contributed by atoms with Crippen LogP contribution in [-0.2, 0) is 11.3 Å². The van der Waals surface area contributed by atoms with Gasteiger partial charge in [-0.25, -0.2) is 4.98 Å². The summed E-state index contributed by atoms with van der Waals surface area (Å²) >= 11 is 0. The summed E-state index contributed by atoms with van der Waals surface area (Å²) in [6, 6.07) is 0.767. The first-order valence-corrected chi connectivity index (χ1v) is 9.63. The van der Waals surface area contributed by atoms with E-state index in [-0.39, 0.29) is 0 Å². The lowest BCUT2D eigenvalue weighted by Gasteiger charge is -2.41. The summed E-state index contributed by atoms with van der Waals surface area (Å²) in [5.74, 6) is 2.01. The molecule has 1 aromatic rings. The Labute approximate surface area is 151 Å².